The van der Waals surface area contributed by atoms with Crippen LogP contribution in [0, 0.1) is 20.8 Å². The number of furan rings is 1. The predicted molar refractivity (Wildman–Crippen MR) is 82.4 cm³/mol. The first-order chi connectivity index (χ1) is 10.1. The van der Waals surface area contributed by atoms with E-state index in [9.17, 15) is 4.79 Å². The van der Waals surface area contributed by atoms with E-state index in [1.54, 1.807) is 12.3 Å². The van der Waals surface area contributed by atoms with Crippen molar-refractivity contribution in [2.75, 3.05) is 6.54 Å². The summed E-state index contributed by atoms with van der Waals surface area (Å²) in [7, 11) is 0. The van der Waals surface area contributed by atoms with Crippen LogP contribution in [0.3, 0.4) is 0 Å². The standard InChI is InChI=1S/C18H21NO2/c1-12-9-13(2)11-15(10-12)17-5-4-7-19(17)18(20)16-6-8-21-14(16)3/h6,8-11,17H,4-5,7H2,1-3H3. The third-order valence-corrected chi connectivity index (χ3v) is 4.23. The molecular weight excluding hydrogens is 262 g/mol. The maximum Gasteiger partial charge on any atom is 0.257 e. The fourth-order valence-electron chi connectivity index (χ4n) is 3.32. The summed E-state index contributed by atoms with van der Waals surface area (Å²) in [5.74, 6) is 0.786. The van der Waals surface area contributed by atoms with Gasteiger partial charge in [-0.25, -0.2) is 0 Å². The number of hydrogen-bond donors (Lipinski definition) is 0. The highest BCUT2D eigenvalue weighted by molar-refractivity contribution is 5.95. The molecule has 0 saturated carbocycles. The third-order valence-electron chi connectivity index (χ3n) is 4.23. The van der Waals surface area contributed by atoms with Crippen molar-refractivity contribution in [3.63, 3.8) is 0 Å². The van der Waals surface area contributed by atoms with Gasteiger partial charge in [0.15, 0.2) is 0 Å². The van der Waals surface area contributed by atoms with Crippen LogP contribution in [0.5, 0.6) is 0 Å². The molecule has 0 aliphatic carbocycles. The first-order valence-electron chi connectivity index (χ1n) is 7.49. The van der Waals surface area contributed by atoms with Crippen molar-refractivity contribution in [2.24, 2.45) is 0 Å². The summed E-state index contributed by atoms with van der Waals surface area (Å²) in [6.45, 7) is 6.88. The van der Waals surface area contributed by atoms with Crippen molar-refractivity contribution >= 4 is 5.91 Å². The van der Waals surface area contributed by atoms with Crippen LogP contribution < -0.4 is 0 Å². The quantitative estimate of drug-likeness (QED) is 0.828. The Balaban J connectivity index is 1.92. The van der Waals surface area contributed by atoms with Crippen molar-refractivity contribution in [2.45, 2.75) is 39.7 Å². The van der Waals surface area contributed by atoms with Gasteiger partial charge in [-0.15, -0.1) is 0 Å². The van der Waals surface area contributed by atoms with Gasteiger partial charge in [0.05, 0.1) is 17.9 Å². The van der Waals surface area contributed by atoms with Gasteiger partial charge < -0.3 is 9.32 Å². The summed E-state index contributed by atoms with van der Waals surface area (Å²) in [5.41, 5.74) is 4.44. The average Bonchev–Trinajstić information content (AvgIpc) is 3.05. The zero-order chi connectivity index (χ0) is 15.0. The van der Waals surface area contributed by atoms with Crippen molar-refractivity contribution < 1.29 is 9.21 Å². The largest absolute Gasteiger partial charge is 0.469 e. The Hall–Kier alpha value is -2.03. The van der Waals surface area contributed by atoms with Crippen molar-refractivity contribution in [1.82, 2.24) is 4.90 Å². The summed E-state index contributed by atoms with van der Waals surface area (Å²) in [6, 6.07) is 8.53. The number of aryl methyl sites for hydroxylation is 3. The Bertz CT molecular complexity index is 651. The van der Waals surface area contributed by atoms with E-state index >= 15 is 0 Å². The van der Waals surface area contributed by atoms with Gasteiger partial charge >= 0.3 is 0 Å². The summed E-state index contributed by atoms with van der Waals surface area (Å²) in [4.78, 5) is 14.7. The minimum absolute atomic E-state index is 0.0860. The Morgan fingerprint density at radius 1 is 1.19 bits per heavy atom. The second-order valence-electron chi connectivity index (χ2n) is 5.97. The third kappa shape index (κ3) is 2.60. The number of likely N-dealkylation sites (tertiary alicyclic amines) is 1. The highest BCUT2D eigenvalue weighted by atomic mass is 16.3. The van der Waals surface area contributed by atoms with Gasteiger partial charge in [-0.1, -0.05) is 29.3 Å². The minimum Gasteiger partial charge on any atom is -0.469 e. The Labute approximate surface area is 125 Å². The van der Waals surface area contributed by atoms with Gasteiger partial charge in [0.1, 0.15) is 5.76 Å². The molecule has 1 saturated heterocycles. The molecule has 0 N–H and O–H groups in total. The Kier molecular flexibility index (Phi) is 3.58. The van der Waals surface area contributed by atoms with E-state index in [1.807, 2.05) is 11.8 Å². The monoisotopic (exact) mass is 283 g/mol. The SMILES string of the molecule is Cc1cc(C)cc(C2CCCN2C(=O)c2ccoc2C)c1. The molecule has 0 radical (unpaired) electrons. The van der Waals surface area contributed by atoms with Crippen LogP contribution in [0.25, 0.3) is 0 Å². The highest BCUT2D eigenvalue weighted by Crippen LogP contribution is 2.34. The Morgan fingerprint density at radius 3 is 2.52 bits per heavy atom. The predicted octanol–water partition coefficient (Wildman–Crippen LogP) is 4.18. The Morgan fingerprint density at radius 2 is 1.90 bits per heavy atom. The van der Waals surface area contributed by atoms with E-state index < -0.39 is 0 Å². The molecule has 1 amide bonds. The number of nitrogens with zero attached hydrogens (tertiary/aromatic N) is 1. The molecule has 1 aromatic carbocycles. The summed E-state index contributed by atoms with van der Waals surface area (Å²) in [6.07, 6.45) is 3.68. The summed E-state index contributed by atoms with van der Waals surface area (Å²) >= 11 is 0. The molecule has 3 heteroatoms. The fourth-order valence-corrected chi connectivity index (χ4v) is 3.32. The van der Waals surface area contributed by atoms with Crippen LogP contribution in [0.1, 0.15) is 51.7 Å². The van der Waals surface area contributed by atoms with E-state index in [0.29, 0.717) is 11.3 Å². The molecule has 3 rings (SSSR count). The molecule has 110 valence electrons. The van der Waals surface area contributed by atoms with Gasteiger partial charge in [0.25, 0.3) is 5.91 Å². The highest BCUT2D eigenvalue weighted by Gasteiger charge is 2.31. The van der Waals surface area contributed by atoms with Crippen LogP contribution in [-0.4, -0.2) is 17.4 Å². The van der Waals surface area contributed by atoms with Gasteiger partial charge in [-0.05, 0) is 45.2 Å². The van der Waals surface area contributed by atoms with E-state index in [4.69, 9.17) is 4.42 Å². The van der Waals surface area contributed by atoms with Crippen molar-refractivity contribution in [3.8, 4) is 0 Å². The summed E-state index contributed by atoms with van der Waals surface area (Å²) < 4.78 is 5.28. The molecule has 1 atom stereocenters. The number of carbonyl (C=O) groups excluding carboxylic acids is 1. The van der Waals surface area contributed by atoms with Crippen molar-refractivity contribution in [3.05, 3.63) is 58.5 Å². The zero-order valence-corrected chi connectivity index (χ0v) is 12.8. The minimum atomic E-state index is 0.0860. The molecule has 1 unspecified atom stereocenters. The molecule has 1 fully saturated rings. The molecule has 1 aliphatic heterocycles. The normalized spacial score (nSPS) is 18.2. The number of hydrogen-bond acceptors (Lipinski definition) is 2. The maximum absolute atomic E-state index is 12.7. The lowest BCUT2D eigenvalue weighted by Crippen LogP contribution is -2.30. The van der Waals surface area contributed by atoms with Gasteiger partial charge in [0, 0.05) is 6.54 Å². The lowest BCUT2D eigenvalue weighted by atomic mass is 9.99. The molecule has 0 spiro atoms. The molecule has 0 bridgehead atoms. The number of benzene rings is 1. The zero-order valence-electron chi connectivity index (χ0n) is 12.8. The number of amides is 1. The van der Waals surface area contributed by atoms with Crippen LogP contribution in [-0.2, 0) is 0 Å². The fraction of sp³-hybridized carbons (Fsp3) is 0.389. The lowest BCUT2D eigenvalue weighted by molar-refractivity contribution is 0.0734. The smallest absolute Gasteiger partial charge is 0.257 e. The second kappa shape index (κ2) is 5.40. The molecule has 21 heavy (non-hydrogen) atoms. The first-order valence-corrected chi connectivity index (χ1v) is 7.49. The first kappa shape index (κ1) is 13.9. The van der Waals surface area contributed by atoms with Crippen LogP contribution in [0.15, 0.2) is 34.9 Å². The topological polar surface area (TPSA) is 33.5 Å². The van der Waals surface area contributed by atoms with Crippen LogP contribution in [0.2, 0.25) is 0 Å². The van der Waals surface area contributed by atoms with Gasteiger partial charge in [-0.3, -0.25) is 4.79 Å². The second-order valence-corrected chi connectivity index (χ2v) is 5.97. The summed E-state index contributed by atoms with van der Waals surface area (Å²) in [5, 5.41) is 0. The van der Waals surface area contributed by atoms with E-state index in [0.717, 1.165) is 19.4 Å². The van der Waals surface area contributed by atoms with Gasteiger partial charge in [-0.2, -0.15) is 0 Å². The maximum atomic E-state index is 12.7. The molecule has 1 aliphatic rings. The molecular formula is C18H21NO2. The number of rotatable bonds is 2. The van der Waals surface area contributed by atoms with Gasteiger partial charge in [0.2, 0.25) is 0 Å². The number of carbonyl (C=O) groups is 1. The van der Waals surface area contributed by atoms with E-state index in [-0.39, 0.29) is 11.9 Å². The van der Waals surface area contributed by atoms with Crippen LogP contribution in [0.4, 0.5) is 0 Å². The molecule has 2 heterocycles. The van der Waals surface area contributed by atoms with Crippen LogP contribution >= 0.6 is 0 Å². The average molecular weight is 283 g/mol. The lowest BCUT2D eigenvalue weighted by Gasteiger charge is -2.25. The molecule has 1 aromatic heterocycles. The van der Waals surface area contributed by atoms with E-state index in [1.165, 1.54) is 16.7 Å². The molecule has 3 nitrogen and oxygen atoms in total. The van der Waals surface area contributed by atoms with Crippen molar-refractivity contribution in [1.29, 1.82) is 0 Å². The van der Waals surface area contributed by atoms with E-state index in [2.05, 4.69) is 32.0 Å². The molecule has 2 aromatic rings.